The van der Waals surface area contributed by atoms with E-state index in [-0.39, 0.29) is 16.1 Å². The van der Waals surface area contributed by atoms with Crippen molar-refractivity contribution in [3.63, 3.8) is 0 Å². The second-order valence-corrected chi connectivity index (χ2v) is 7.63. The van der Waals surface area contributed by atoms with E-state index < -0.39 is 10.0 Å². The molecule has 2 rings (SSSR count). The summed E-state index contributed by atoms with van der Waals surface area (Å²) in [6, 6.07) is 1.45. The van der Waals surface area contributed by atoms with Gasteiger partial charge in [0.15, 0.2) is 4.67 Å². The lowest BCUT2D eigenvalue weighted by molar-refractivity contribution is 0.117. The Hall–Kier alpha value is -0.410. The summed E-state index contributed by atoms with van der Waals surface area (Å²) < 4.78 is 36.8. The van der Waals surface area contributed by atoms with Gasteiger partial charge in [0.05, 0.1) is 13.2 Å². The molecule has 8 heteroatoms. The van der Waals surface area contributed by atoms with E-state index in [2.05, 4.69) is 15.9 Å². The Kier molecular flexibility index (Phi) is 5.25. The number of furan rings is 1. The fraction of sp³-hybridized carbons (Fsp3) is 0.667. The van der Waals surface area contributed by atoms with Crippen LogP contribution in [-0.2, 0) is 21.3 Å². The van der Waals surface area contributed by atoms with Gasteiger partial charge in [-0.2, -0.15) is 4.31 Å². The van der Waals surface area contributed by atoms with Crippen molar-refractivity contribution in [1.29, 1.82) is 0 Å². The largest absolute Gasteiger partial charge is 0.452 e. The number of halogens is 1. The maximum atomic E-state index is 12.4. The topological polar surface area (TPSA) is 85.8 Å². The molecule has 6 nitrogen and oxygen atoms in total. The van der Waals surface area contributed by atoms with Crippen LogP contribution in [0.2, 0.25) is 0 Å². The van der Waals surface area contributed by atoms with Crippen LogP contribution in [0.15, 0.2) is 20.0 Å². The van der Waals surface area contributed by atoms with Crippen LogP contribution in [0.5, 0.6) is 0 Å². The first-order valence-corrected chi connectivity index (χ1v) is 8.71. The van der Waals surface area contributed by atoms with Crippen LogP contribution in [-0.4, -0.2) is 39.5 Å². The van der Waals surface area contributed by atoms with E-state index in [1.807, 2.05) is 0 Å². The highest BCUT2D eigenvalue weighted by Crippen LogP contribution is 2.29. The van der Waals surface area contributed by atoms with Crippen LogP contribution in [0, 0.1) is 5.92 Å². The van der Waals surface area contributed by atoms with Crippen molar-refractivity contribution >= 4 is 26.0 Å². The van der Waals surface area contributed by atoms with Crippen LogP contribution >= 0.6 is 15.9 Å². The lowest BCUT2D eigenvalue weighted by Crippen LogP contribution is -2.30. The summed E-state index contributed by atoms with van der Waals surface area (Å²) in [5.41, 5.74) is 5.44. The van der Waals surface area contributed by atoms with E-state index in [4.69, 9.17) is 14.9 Å². The molecule has 1 aromatic rings. The summed E-state index contributed by atoms with van der Waals surface area (Å²) in [5.74, 6) is 1.10. The first kappa shape index (κ1) is 16.0. The van der Waals surface area contributed by atoms with Crippen molar-refractivity contribution in [2.75, 3.05) is 26.8 Å². The molecule has 0 bridgehead atoms. The Bertz CT molecular complexity index is 554. The van der Waals surface area contributed by atoms with E-state index >= 15 is 0 Å². The van der Waals surface area contributed by atoms with E-state index in [1.165, 1.54) is 30.3 Å². The fourth-order valence-electron chi connectivity index (χ4n) is 1.69. The number of hydrogen-bond donors (Lipinski definition) is 1. The van der Waals surface area contributed by atoms with Crippen LogP contribution in [0.4, 0.5) is 0 Å². The summed E-state index contributed by atoms with van der Waals surface area (Å²) in [6.45, 7) is 1.58. The van der Waals surface area contributed by atoms with Gasteiger partial charge in [-0.05, 0) is 34.7 Å². The average Bonchev–Trinajstić information content (AvgIpc) is 3.15. The third kappa shape index (κ3) is 3.82. The predicted octanol–water partition coefficient (Wildman–Crippen LogP) is 1.55. The molecule has 1 heterocycles. The highest BCUT2D eigenvalue weighted by atomic mass is 79.9. The monoisotopic (exact) mass is 366 g/mol. The van der Waals surface area contributed by atoms with Gasteiger partial charge in [-0.25, -0.2) is 8.42 Å². The first-order chi connectivity index (χ1) is 9.45. The molecule has 1 fully saturated rings. The predicted molar refractivity (Wildman–Crippen MR) is 77.7 cm³/mol. The molecular weight excluding hydrogens is 348 g/mol. The minimum absolute atomic E-state index is 0.0997. The van der Waals surface area contributed by atoms with Crippen molar-refractivity contribution in [3.05, 3.63) is 16.5 Å². The normalized spacial score (nSPS) is 16.0. The van der Waals surface area contributed by atoms with Gasteiger partial charge in [-0.15, -0.1) is 0 Å². The summed E-state index contributed by atoms with van der Waals surface area (Å²) in [6.07, 6.45) is 2.44. The van der Waals surface area contributed by atoms with Gasteiger partial charge in [0.25, 0.3) is 0 Å². The molecular formula is C12H19BrN2O4S. The number of rotatable bonds is 8. The number of nitrogens with zero attached hydrogens (tertiary/aromatic N) is 1. The number of likely N-dealkylation sites (N-methyl/N-ethyl adjacent to an activating group) is 1. The molecule has 0 atom stereocenters. The zero-order valence-corrected chi connectivity index (χ0v) is 13.7. The maximum absolute atomic E-state index is 12.4. The van der Waals surface area contributed by atoms with Crippen molar-refractivity contribution in [2.45, 2.75) is 24.3 Å². The molecule has 0 saturated heterocycles. The fourth-order valence-corrected chi connectivity index (χ4v) is 3.80. The number of sulfonamides is 1. The van der Waals surface area contributed by atoms with E-state index in [9.17, 15) is 8.42 Å². The quantitative estimate of drug-likeness (QED) is 0.705. The summed E-state index contributed by atoms with van der Waals surface area (Å²) in [4.78, 5) is 0.0997. The van der Waals surface area contributed by atoms with Crippen molar-refractivity contribution < 1.29 is 17.6 Å². The molecule has 1 aliphatic carbocycles. The van der Waals surface area contributed by atoms with E-state index in [0.29, 0.717) is 24.8 Å². The Morgan fingerprint density at radius 2 is 2.25 bits per heavy atom. The molecule has 0 amide bonds. The van der Waals surface area contributed by atoms with Gasteiger partial charge >= 0.3 is 0 Å². The van der Waals surface area contributed by atoms with Gasteiger partial charge < -0.3 is 14.9 Å². The maximum Gasteiger partial charge on any atom is 0.247 e. The number of hydrogen-bond acceptors (Lipinski definition) is 5. The van der Waals surface area contributed by atoms with Crippen LogP contribution < -0.4 is 5.73 Å². The minimum Gasteiger partial charge on any atom is -0.452 e. The zero-order valence-electron chi connectivity index (χ0n) is 11.3. The Balaban J connectivity index is 1.94. The molecule has 0 radical (unpaired) electrons. The standard InChI is InChI=1S/C12H19BrN2O4S/c1-15(4-5-18-8-9-2-3-9)20(16,17)11-6-10(7-14)19-12(11)13/h6,9H,2-5,7-8,14H2,1H3. The van der Waals surface area contributed by atoms with Crippen LogP contribution in [0.25, 0.3) is 0 Å². The van der Waals surface area contributed by atoms with Gasteiger partial charge in [0, 0.05) is 26.3 Å². The molecule has 2 N–H and O–H groups in total. The molecule has 20 heavy (non-hydrogen) atoms. The van der Waals surface area contributed by atoms with Crippen molar-refractivity contribution in [1.82, 2.24) is 4.31 Å². The highest BCUT2D eigenvalue weighted by Gasteiger charge is 2.27. The second kappa shape index (κ2) is 6.57. The van der Waals surface area contributed by atoms with Gasteiger partial charge in [-0.3, -0.25) is 0 Å². The van der Waals surface area contributed by atoms with E-state index in [1.54, 1.807) is 0 Å². The zero-order chi connectivity index (χ0) is 14.8. The average molecular weight is 367 g/mol. The van der Waals surface area contributed by atoms with Crippen LogP contribution in [0.3, 0.4) is 0 Å². The second-order valence-electron chi connectivity index (χ2n) is 4.90. The van der Waals surface area contributed by atoms with Crippen molar-refractivity contribution in [2.24, 2.45) is 11.7 Å². The highest BCUT2D eigenvalue weighted by molar-refractivity contribution is 9.10. The summed E-state index contributed by atoms with van der Waals surface area (Å²) in [5, 5.41) is 0. The third-order valence-corrected chi connectivity index (χ3v) is 5.91. The Morgan fingerprint density at radius 1 is 1.55 bits per heavy atom. The summed E-state index contributed by atoms with van der Waals surface area (Å²) in [7, 11) is -2.06. The van der Waals surface area contributed by atoms with Crippen molar-refractivity contribution in [3.8, 4) is 0 Å². The molecule has 1 aromatic heterocycles. The Morgan fingerprint density at radius 3 is 2.80 bits per heavy atom. The van der Waals surface area contributed by atoms with Gasteiger partial charge in [0.1, 0.15) is 10.7 Å². The molecule has 0 unspecified atom stereocenters. The molecule has 1 saturated carbocycles. The van der Waals surface area contributed by atoms with Gasteiger partial charge in [-0.1, -0.05) is 0 Å². The van der Waals surface area contributed by atoms with Crippen LogP contribution in [0.1, 0.15) is 18.6 Å². The number of nitrogens with two attached hydrogens (primary N) is 1. The molecule has 0 aromatic carbocycles. The summed E-state index contributed by atoms with van der Waals surface area (Å²) >= 11 is 3.11. The smallest absolute Gasteiger partial charge is 0.247 e. The minimum atomic E-state index is -3.59. The third-order valence-electron chi connectivity index (χ3n) is 3.20. The lowest BCUT2D eigenvalue weighted by Gasteiger charge is -2.16. The number of ether oxygens (including phenoxy) is 1. The lowest BCUT2D eigenvalue weighted by atomic mass is 10.5. The SMILES string of the molecule is CN(CCOCC1CC1)S(=O)(=O)c1cc(CN)oc1Br. The Labute approximate surface area is 127 Å². The molecule has 1 aliphatic rings. The van der Waals surface area contributed by atoms with Gasteiger partial charge in [0.2, 0.25) is 10.0 Å². The molecule has 0 aliphatic heterocycles. The molecule has 114 valence electrons. The molecule has 0 spiro atoms. The van der Waals surface area contributed by atoms with E-state index in [0.717, 1.165) is 6.61 Å². The first-order valence-electron chi connectivity index (χ1n) is 6.47.